The minimum absolute atomic E-state index is 0.0457. The molecule has 7 heteroatoms. The predicted octanol–water partition coefficient (Wildman–Crippen LogP) is 4.88. The summed E-state index contributed by atoms with van der Waals surface area (Å²) in [7, 11) is 0. The third-order valence-electron chi connectivity index (χ3n) is 5.66. The van der Waals surface area contributed by atoms with Gasteiger partial charge < -0.3 is 10.2 Å². The van der Waals surface area contributed by atoms with E-state index >= 15 is 0 Å². The summed E-state index contributed by atoms with van der Waals surface area (Å²) in [6.07, 6.45) is 6.65. The Hall–Kier alpha value is -1.33. The zero-order valence-electron chi connectivity index (χ0n) is 15.4. The van der Waals surface area contributed by atoms with Crippen LogP contribution in [0.25, 0.3) is 0 Å². The minimum Gasteiger partial charge on any atom is -0.348 e. The highest BCUT2D eigenvalue weighted by molar-refractivity contribution is 6.35. The van der Waals surface area contributed by atoms with E-state index in [4.69, 9.17) is 23.2 Å². The molecule has 1 aromatic carbocycles. The molecule has 2 aliphatic rings. The van der Waals surface area contributed by atoms with E-state index in [9.17, 15) is 14.0 Å². The molecule has 1 aromatic rings. The van der Waals surface area contributed by atoms with Crippen LogP contribution in [-0.4, -0.2) is 29.3 Å². The molecule has 2 fully saturated rings. The first-order chi connectivity index (χ1) is 12.9. The highest BCUT2D eigenvalue weighted by atomic mass is 35.5. The van der Waals surface area contributed by atoms with Gasteiger partial charge in [0.05, 0.1) is 11.1 Å². The maximum absolute atomic E-state index is 13.8. The molecule has 1 aliphatic heterocycles. The molecule has 0 spiro atoms. The van der Waals surface area contributed by atoms with Crippen LogP contribution in [-0.2, 0) is 9.59 Å². The van der Waals surface area contributed by atoms with Crippen molar-refractivity contribution in [3.63, 3.8) is 0 Å². The van der Waals surface area contributed by atoms with Gasteiger partial charge in [-0.05, 0) is 50.3 Å². The molecule has 0 aromatic heterocycles. The quantitative estimate of drug-likeness (QED) is 0.713. The van der Waals surface area contributed by atoms with Crippen molar-refractivity contribution in [3.8, 4) is 0 Å². The second kappa shape index (κ2) is 8.78. The van der Waals surface area contributed by atoms with Crippen LogP contribution in [0.5, 0.6) is 0 Å². The largest absolute Gasteiger partial charge is 0.348 e. The van der Waals surface area contributed by atoms with Crippen molar-refractivity contribution < 1.29 is 14.0 Å². The van der Waals surface area contributed by atoms with Crippen molar-refractivity contribution in [1.29, 1.82) is 0 Å². The molecule has 27 heavy (non-hydrogen) atoms. The zero-order chi connectivity index (χ0) is 19.6. The fraction of sp³-hybridized carbons (Fsp3) is 0.600. The predicted molar refractivity (Wildman–Crippen MR) is 104 cm³/mol. The molecule has 2 atom stereocenters. The van der Waals surface area contributed by atoms with E-state index in [0.29, 0.717) is 23.6 Å². The van der Waals surface area contributed by atoms with Gasteiger partial charge in [-0.3, -0.25) is 9.59 Å². The first kappa shape index (κ1) is 20.4. The number of benzene rings is 1. The molecular weight excluding hydrogens is 390 g/mol. The number of carbonyl (C=O) groups is 2. The molecule has 0 radical (unpaired) electrons. The number of rotatable bonds is 4. The Morgan fingerprint density at radius 3 is 2.52 bits per heavy atom. The maximum atomic E-state index is 13.8. The number of likely N-dealkylation sites (tertiary alicyclic amines) is 1. The number of hydrogen-bond acceptors (Lipinski definition) is 2. The van der Waals surface area contributed by atoms with E-state index in [1.54, 1.807) is 11.8 Å². The van der Waals surface area contributed by atoms with E-state index in [0.717, 1.165) is 32.1 Å². The molecule has 148 valence electrons. The maximum Gasteiger partial charge on any atom is 0.243 e. The lowest BCUT2D eigenvalue weighted by molar-refractivity contribution is -0.142. The number of nitrogens with zero attached hydrogens (tertiary/aromatic N) is 1. The Bertz CT molecular complexity index is 722. The van der Waals surface area contributed by atoms with Crippen molar-refractivity contribution in [2.45, 2.75) is 64.0 Å². The molecule has 1 N–H and O–H groups in total. The lowest BCUT2D eigenvalue weighted by Crippen LogP contribution is -2.48. The number of amides is 2. The van der Waals surface area contributed by atoms with E-state index in [-0.39, 0.29) is 22.8 Å². The standard InChI is InChI=1S/C20H25Cl2FN2O2/c1-12(14-10-17(23)16(22)11-15(14)21)24-19(26)18-8-5-9-25(18)20(27)13-6-3-2-4-7-13/h10-13,18H,2-9H2,1H3,(H,24,26). The Morgan fingerprint density at radius 2 is 1.81 bits per heavy atom. The second-order valence-electron chi connectivity index (χ2n) is 7.54. The molecule has 3 rings (SSSR count). The van der Waals surface area contributed by atoms with Crippen molar-refractivity contribution in [2.24, 2.45) is 5.92 Å². The van der Waals surface area contributed by atoms with Gasteiger partial charge >= 0.3 is 0 Å². The average molecular weight is 415 g/mol. The summed E-state index contributed by atoms with van der Waals surface area (Å²) in [5, 5.41) is 3.13. The summed E-state index contributed by atoms with van der Waals surface area (Å²) in [5.41, 5.74) is 0.468. The molecular formula is C20H25Cl2FN2O2. The fourth-order valence-corrected chi connectivity index (χ4v) is 4.69. The molecule has 0 bridgehead atoms. The lowest BCUT2D eigenvalue weighted by Gasteiger charge is -2.30. The number of nitrogens with one attached hydrogen (secondary N) is 1. The summed E-state index contributed by atoms with van der Waals surface area (Å²) in [4.78, 5) is 27.4. The van der Waals surface area contributed by atoms with Gasteiger partial charge in [-0.25, -0.2) is 4.39 Å². The normalized spacial score (nSPS) is 21.9. The molecule has 2 amide bonds. The van der Waals surface area contributed by atoms with Gasteiger partial charge in [-0.2, -0.15) is 0 Å². The first-order valence-electron chi connectivity index (χ1n) is 9.63. The minimum atomic E-state index is -0.577. The number of carbonyl (C=O) groups excluding carboxylic acids is 2. The third kappa shape index (κ3) is 4.57. The van der Waals surface area contributed by atoms with Crippen molar-refractivity contribution >= 4 is 35.0 Å². The Morgan fingerprint density at radius 1 is 1.11 bits per heavy atom. The Labute approximate surface area is 169 Å². The first-order valence-corrected chi connectivity index (χ1v) is 10.4. The van der Waals surface area contributed by atoms with Gasteiger partial charge in [0.2, 0.25) is 11.8 Å². The van der Waals surface area contributed by atoms with Crippen LogP contribution in [0.15, 0.2) is 12.1 Å². The van der Waals surface area contributed by atoms with Crippen LogP contribution in [0.1, 0.15) is 63.5 Å². The fourth-order valence-electron chi connectivity index (χ4n) is 4.14. The monoisotopic (exact) mass is 414 g/mol. The van der Waals surface area contributed by atoms with Gasteiger partial charge in [-0.1, -0.05) is 42.5 Å². The van der Waals surface area contributed by atoms with Crippen LogP contribution in [0.2, 0.25) is 10.0 Å². The zero-order valence-corrected chi connectivity index (χ0v) is 17.0. The SMILES string of the molecule is CC(NC(=O)C1CCCN1C(=O)C1CCCCC1)c1cc(F)c(Cl)cc1Cl. The van der Waals surface area contributed by atoms with Gasteiger partial charge in [-0.15, -0.1) is 0 Å². The molecule has 1 saturated carbocycles. The van der Waals surface area contributed by atoms with Crippen molar-refractivity contribution in [1.82, 2.24) is 10.2 Å². The number of hydrogen-bond donors (Lipinski definition) is 1. The van der Waals surface area contributed by atoms with E-state index in [2.05, 4.69) is 5.32 Å². The van der Waals surface area contributed by atoms with Gasteiger partial charge in [0.15, 0.2) is 0 Å². The highest BCUT2D eigenvalue weighted by Crippen LogP contribution is 2.31. The second-order valence-corrected chi connectivity index (χ2v) is 8.36. The summed E-state index contributed by atoms with van der Waals surface area (Å²) >= 11 is 11.9. The van der Waals surface area contributed by atoms with Gasteiger partial charge in [0.25, 0.3) is 0 Å². The van der Waals surface area contributed by atoms with Crippen LogP contribution in [0, 0.1) is 11.7 Å². The lowest BCUT2D eigenvalue weighted by atomic mass is 9.88. The molecule has 1 saturated heterocycles. The van der Waals surface area contributed by atoms with Crippen molar-refractivity contribution in [2.75, 3.05) is 6.54 Å². The van der Waals surface area contributed by atoms with E-state index in [1.165, 1.54) is 18.6 Å². The van der Waals surface area contributed by atoms with Crippen LogP contribution in [0.3, 0.4) is 0 Å². The molecule has 2 unspecified atom stereocenters. The van der Waals surface area contributed by atoms with E-state index in [1.807, 2.05) is 0 Å². The Balaban J connectivity index is 1.67. The van der Waals surface area contributed by atoms with Crippen LogP contribution >= 0.6 is 23.2 Å². The third-order valence-corrected chi connectivity index (χ3v) is 6.27. The van der Waals surface area contributed by atoms with Gasteiger partial charge in [0.1, 0.15) is 11.9 Å². The van der Waals surface area contributed by atoms with Crippen LogP contribution < -0.4 is 5.32 Å². The smallest absolute Gasteiger partial charge is 0.243 e. The summed E-state index contributed by atoms with van der Waals surface area (Å²) < 4.78 is 13.8. The van der Waals surface area contributed by atoms with E-state index < -0.39 is 17.9 Å². The average Bonchev–Trinajstić information content (AvgIpc) is 3.14. The molecule has 1 heterocycles. The van der Waals surface area contributed by atoms with Crippen LogP contribution in [0.4, 0.5) is 4.39 Å². The highest BCUT2D eigenvalue weighted by Gasteiger charge is 2.37. The van der Waals surface area contributed by atoms with Crippen molar-refractivity contribution in [3.05, 3.63) is 33.6 Å². The molecule has 4 nitrogen and oxygen atoms in total. The summed E-state index contributed by atoms with van der Waals surface area (Å²) in [5.74, 6) is -0.636. The number of halogens is 3. The summed E-state index contributed by atoms with van der Waals surface area (Å²) in [6.45, 7) is 2.37. The Kier molecular flexibility index (Phi) is 6.64. The topological polar surface area (TPSA) is 49.4 Å². The van der Waals surface area contributed by atoms with Gasteiger partial charge in [0, 0.05) is 17.5 Å². The molecule has 1 aliphatic carbocycles. The summed E-state index contributed by atoms with van der Waals surface area (Å²) in [6, 6.07) is 1.64.